The standard InChI is InChI=1S/C23H33O3S.C16H25O3S.C11H17OS.C10H14OS.C9H13OS.5CH4/c1-14-6-20(27(4)5)7-15(2)22(14)25-13-21(24)26-23(3)18-9-16-8-17(11-18)12-19(23)10-16;1-11-8-13(20(6)7)9-12(2)15(11)18-10-14(17)19-16(3,4)5;1-8-6-10(13(4)5)7-9(2)11(8)12-3;1-7-5-9(12(3)4)6-8(2)10(7)11;1-10-8-4-6-9(7-5-8)11(2)3;;;;;/h6-7,16-19H,8-13H2,1-5H3;8-9H,10H2,1-7H3;6-7H,1-5H3;5-6H,1-4H3;4-7H,1-3H3;5*1H4/q3*+1;;+1;;;;;/p+1. The second-order valence-electron chi connectivity index (χ2n) is 24.7. The van der Waals surface area contributed by atoms with Gasteiger partial charge < -0.3 is 33.5 Å². The first-order valence-electron chi connectivity index (χ1n) is 28.6. The predicted molar refractivity (Wildman–Crippen MR) is 394 cm³/mol. The van der Waals surface area contributed by atoms with Crippen LogP contribution in [0.2, 0.25) is 0 Å². The highest BCUT2D eigenvalue weighted by atomic mass is 32.2. The minimum absolute atomic E-state index is 0. The molecule has 88 heavy (non-hydrogen) atoms. The fourth-order valence-corrected chi connectivity index (χ4v) is 15.4. The molecule has 4 fully saturated rings. The SMILES string of the molecule is C.C.C.C.C.COc1c(C)cc([S+](C)C)cc1C.COc1ccc([S+](C)C)cc1.Cc1cc([S+](C)C)cc(C)c1O.Cc1cc([S+](C)C)cc(C)c1OCC(=O)OC(C)(C)C.Cc1cc([S+](C)C)cc(C)c1OCC(=O)OC1(C)C2CC3CC(C2)CC1C3. The van der Waals surface area contributed by atoms with Crippen molar-refractivity contribution in [1.82, 2.24) is 0 Å². The quantitative estimate of drug-likeness (QED) is 0.0858. The number of aryl methyl sites for hydroxylation is 8. The molecule has 4 aliphatic rings. The third kappa shape index (κ3) is 25.1. The van der Waals surface area contributed by atoms with E-state index in [0.29, 0.717) is 39.4 Å². The number of ether oxygens (including phenoxy) is 6. The highest BCUT2D eigenvalue weighted by Gasteiger charge is 2.57. The van der Waals surface area contributed by atoms with Gasteiger partial charge in [0.2, 0.25) is 0 Å². The van der Waals surface area contributed by atoms with Crippen molar-refractivity contribution in [2.45, 2.75) is 188 Å². The van der Waals surface area contributed by atoms with E-state index in [2.05, 4.69) is 158 Å². The Bertz CT molecular complexity index is 2800. The summed E-state index contributed by atoms with van der Waals surface area (Å²) in [5.74, 6) is 6.30. The Kier molecular flexibility index (Phi) is 37.7. The summed E-state index contributed by atoms with van der Waals surface area (Å²) in [6.45, 7) is 23.9. The van der Waals surface area contributed by atoms with Gasteiger partial charge >= 0.3 is 11.9 Å². The van der Waals surface area contributed by atoms with Gasteiger partial charge in [0.05, 0.1) is 14.2 Å². The molecule has 4 bridgehead atoms. The minimum atomic E-state index is -0.479. The van der Waals surface area contributed by atoms with Crippen molar-refractivity contribution >= 4 is 66.4 Å². The number of aromatic hydroxyl groups is 1. The third-order valence-electron chi connectivity index (χ3n) is 15.6. The van der Waals surface area contributed by atoms with E-state index in [1.54, 1.807) is 14.2 Å². The molecule has 0 atom stereocenters. The summed E-state index contributed by atoms with van der Waals surface area (Å²) < 4.78 is 33.3. The zero-order valence-corrected chi connectivity index (χ0v) is 59.0. The number of methoxy groups -OCH3 is 2. The molecule has 5 aromatic carbocycles. The van der Waals surface area contributed by atoms with Crippen molar-refractivity contribution < 1.29 is 43.1 Å². The molecule has 0 spiro atoms. The van der Waals surface area contributed by atoms with Crippen molar-refractivity contribution in [3.8, 4) is 28.7 Å². The molecule has 0 radical (unpaired) electrons. The summed E-state index contributed by atoms with van der Waals surface area (Å²) in [4.78, 5) is 31.1. The maximum atomic E-state index is 12.7. The van der Waals surface area contributed by atoms with Crippen molar-refractivity contribution in [2.24, 2.45) is 23.7 Å². The number of benzene rings is 5. The molecule has 0 saturated heterocycles. The average molecular weight is 1320 g/mol. The van der Waals surface area contributed by atoms with Crippen LogP contribution in [0.15, 0.2) is 97.3 Å². The molecule has 14 heteroatoms. The van der Waals surface area contributed by atoms with Gasteiger partial charge in [-0.25, -0.2) is 9.59 Å². The maximum absolute atomic E-state index is 12.7. The van der Waals surface area contributed by atoms with Crippen molar-refractivity contribution in [2.75, 3.05) is 90.0 Å². The highest BCUT2D eigenvalue weighted by Crippen LogP contribution is 2.59. The average Bonchev–Trinajstić information content (AvgIpc) is 3.38. The normalized spacial score (nSPS) is 17.4. The lowest BCUT2D eigenvalue weighted by Gasteiger charge is -2.59. The summed E-state index contributed by atoms with van der Waals surface area (Å²) >= 11 is 0. The van der Waals surface area contributed by atoms with Crippen LogP contribution >= 0.6 is 0 Å². The van der Waals surface area contributed by atoms with Crippen molar-refractivity contribution in [1.29, 1.82) is 0 Å². The van der Waals surface area contributed by atoms with E-state index in [4.69, 9.17) is 28.4 Å². The Morgan fingerprint density at radius 1 is 0.455 bits per heavy atom. The first-order chi connectivity index (χ1) is 38.7. The highest BCUT2D eigenvalue weighted by molar-refractivity contribution is 7.96. The molecular weight excluding hydrogens is 1190 g/mol. The molecule has 0 amide bonds. The molecule has 0 aliphatic heterocycles. The second-order valence-corrected chi connectivity index (χ2v) is 35.2. The monoisotopic (exact) mass is 1320 g/mol. The van der Waals surface area contributed by atoms with Gasteiger partial charge in [-0.3, -0.25) is 0 Å². The summed E-state index contributed by atoms with van der Waals surface area (Å²) in [5.41, 5.74) is 7.98. The summed E-state index contributed by atoms with van der Waals surface area (Å²) in [6.07, 6.45) is 28.5. The van der Waals surface area contributed by atoms with E-state index < -0.39 is 5.60 Å². The zero-order chi connectivity index (χ0) is 62.4. The first kappa shape index (κ1) is 85.9. The molecular formula is C74H123O9S5+5. The molecule has 9 rings (SSSR count). The molecule has 4 aliphatic carbocycles. The first-order valence-corrected chi connectivity index (χ1v) is 38.8. The van der Waals surface area contributed by atoms with Gasteiger partial charge in [-0.2, -0.15) is 0 Å². The van der Waals surface area contributed by atoms with Crippen LogP contribution in [0.5, 0.6) is 28.7 Å². The van der Waals surface area contributed by atoms with Gasteiger partial charge in [0, 0.05) is 54.5 Å². The van der Waals surface area contributed by atoms with Gasteiger partial charge in [-0.15, -0.1) is 0 Å². The Morgan fingerprint density at radius 2 is 0.750 bits per heavy atom. The Morgan fingerprint density at radius 3 is 1.03 bits per heavy atom. The number of esters is 2. The molecule has 0 aromatic heterocycles. The fourth-order valence-electron chi connectivity index (χ4n) is 11.4. The van der Waals surface area contributed by atoms with Gasteiger partial charge in [-0.1, -0.05) is 37.1 Å². The van der Waals surface area contributed by atoms with E-state index in [9.17, 15) is 14.7 Å². The largest absolute Gasteiger partial charge is 0.507 e. The van der Waals surface area contributed by atoms with Crippen LogP contribution in [0.3, 0.4) is 0 Å². The number of phenols is 1. The van der Waals surface area contributed by atoms with Crippen molar-refractivity contribution in [3.05, 3.63) is 117 Å². The van der Waals surface area contributed by atoms with Gasteiger partial charge in [-0.05, 0) is 256 Å². The minimum Gasteiger partial charge on any atom is -0.507 e. The smallest absolute Gasteiger partial charge is 0.344 e. The molecule has 4 saturated carbocycles. The summed E-state index contributed by atoms with van der Waals surface area (Å²) in [6, 6.07) is 25.4. The van der Waals surface area contributed by atoms with Crippen molar-refractivity contribution in [3.63, 3.8) is 0 Å². The molecule has 9 nitrogen and oxygen atoms in total. The second kappa shape index (κ2) is 38.6. The lowest BCUT2D eigenvalue weighted by molar-refractivity contribution is -0.204. The number of rotatable bonds is 14. The van der Waals surface area contributed by atoms with E-state index >= 15 is 0 Å². The van der Waals surface area contributed by atoms with Gasteiger partial charge in [0.25, 0.3) is 0 Å². The Hall–Kier alpha value is -4.21. The van der Waals surface area contributed by atoms with Crippen LogP contribution in [-0.2, 0) is 73.5 Å². The molecule has 0 unspecified atom stereocenters. The Labute approximate surface area is 553 Å². The van der Waals surface area contributed by atoms with Gasteiger partial charge in [0.1, 0.15) is 103 Å². The third-order valence-corrected chi connectivity index (χ3v) is 21.5. The van der Waals surface area contributed by atoms with E-state index in [0.717, 1.165) is 68.2 Å². The number of hydrogen-bond acceptors (Lipinski definition) is 9. The summed E-state index contributed by atoms with van der Waals surface area (Å²) in [7, 11) is 4.83. The predicted octanol–water partition coefficient (Wildman–Crippen LogP) is 17.8. The van der Waals surface area contributed by atoms with Crippen LogP contribution < -0.4 is 18.9 Å². The molecule has 498 valence electrons. The Balaban J connectivity index is 0. The topological polar surface area (TPSA) is 110 Å². The van der Waals surface area contributed by atoms with E-state index in [1.165, 1.54) is 67.7 Å². The lowest BCUT2D eigenvalue weighted by atomic mass is 9.50. The number of phenolic OH excluding ortho intramolecular Hbond substituents is 1. The zero-order valence-electron chi connectivity index (χ0n) is 54.9. The molecule has 0 heterocycles. The molecule has 1 N–H and O–H groups in total. The number of hydrogen-bond donors (Lipinski definition) is 1. The van der Waals surface area contributed by atoms with E-state index in [-0.39, 0.29) is 101 Å². The van der Waals surface area contributed by atoms with Crippen LogP contribution in [0.25, 0.3) is 0 Å². The lowest BCUT2D eigenvalue weighted by Crippen LogP contribution is -2.58. The van der Waals surface area contributed by atoms with Crippen LogP contribution in [-0.4, -0.2) is 118 Å². The molecule has 5 aromatic rings. The van der Waals surface area contributed by atoms with Gasteiger partial charge in [0.15, 0.2) is 37.7 Å². The van der Waals surface area contributed by atoms with Crippen LogP contribution in [0, 0.1) is 79.1 Å². The summed E-state index contributed by atoms with van der Waals surface area (Å²) in [5, 5.41) is 9.52. The number of carbonyl (C=O) groups is 2. The number of carbonyl (C=O) groups excluding carboxylic acids is 2. The maximum Gasteiger partial charge on any atom is 0.344 e. The van der Waals surface area contributed by atoms with E-state index in [1.807, 2.05) is 60.6 Å². The fraction of sp³-hybridized carbons (Fsp3) is 0.568. The van der Waals surface area contributed by atoms with Crippen LogP contribution in [0.4, 0.5) is 0 Å². The van der Waals surface area contributed by atoms with Crippen LogP contribution in [0.1, 0.15) is 141 Å².